The summed E-state index contributed by atoms with van der Waals surface area (Å²) in [4.78, 5) is 14.6. The molecule has 4 saturated carbocycles. The summed E-state index contributed by atoms with van der Waals surface area (Å²) >= 11 is 0. The van der Waals surface area contributed by atoms with E-state index in [0.29, 0.717) is 10.8 Å². The van der Waals surface area contributed by atoms with Crippen molar-refractivity contribution in [3.05, 3.63) is 30.6 Å². The maximum Gasteiger partial charge on any atom is 0.207 e. The summed E-state index contributed by atoms with van der Waals surface area (Å²) in [7, 11) is 0. The molecule has 1 aromatic heterocycles. The molecule has 0 spiro atoms. The van der Waals surface area contributed by atoms with Gasteiger partial charge in [-0.25, -0.2) is 0 Å². The average Bonchev–Trinajstić information content (AvgIpc) is 2.37. The van der Waals surface area contributed by atoms with Crippen molar-refractivity contribution in [2.75, 3.05) is 0 Å². The molecule has 4 heteroatoms. The molecule has 1 aromatic rings. The molecule has 3 nitrogen and oxygen atoms in total. The Hall–Kier alpha value is -1.09. The van der Waals surface area contributed by atoms with Gasteiger partial charge in [-0.1, -0.05) is 19.9 Å². The number of hydrogen-bond acceptors (Lipinski definition) is 2. The van der Waals surface area contributed by atoms with Crippen LogP contribution in [0.4, 0.5) is 0 Å². The highest BCUT2D eigenvalue weighted by Crippen LogP contribution is 2.66. The fourth-order valence-corrected chi connectivity index (χ4v) is 6.05. The van der Waals surface area contributed by atoms with E-state index in [1.807, 2.05) is 18.2 Å². The second-order valence-electron chi connectivity index (χ2n) is 8.20. The van der Waals surface area contributed by atoms with Crippen molar-refractivity contribution in [3.8, 4) is 0 Å². The van der Waals surface area contributed by atoms with Crippen LogP contribution in [0, 0.1) is 16.7 Å². The van der Waals surface area contributed by atoms with Gasteiger partial charge in [0.25, 0.3) is 0 Å². The average molecular weight is 323 g/mol. The largest absolute Gasteiger partial charge is 0.353 e. The molecule has 0 saturated heterocycles. The van der Waals surface area contributed by atoms with Crippen LogP contribution in [0.25, 0.3) is 0 Å². The molecule has 2 atom stereocenters. The molecule has 4 fully saturated rings. The molecule has 0 aromatic carbocycles. The highest BCUT2D eigenvalue weighted by Gasteiger charge is 2.59. The third-order valence-electron chi connectivity index (χ3n) is 5.56. The molecule has 2 unspecified atom stereocenters. The van der Waals surface area contributed by atoms with E-state index in [1.165, 1.54) is 38.5 Å². The van der Waals surface area contributed by atoms with Crippen molar-refractivity contribution < 1.29 is 4.79 Å². The van der Waals surface area contributed by atoms with E-state index < -0.39 is 0 Å². The summed E-state index contributed by atoms with van der Waals surface area (Å²) in [5, 5.41) is 3.16. The van der Waals surface area contributed by atoms with Crippen LogP contribution >= 0.6 is 12.4 Å². The smallest absolute Gasteiger partial charge is 0.207 e. The standard InChI is InChI=1S/C13H21NO.C5H5N.ClH/c1-11-3-10-4-12(2,6-11)8-13(5-10,7-11)14-9-15;1-2-4-6-5-3-1;/h9-10H,3-8H2,1-2H3,(H,14,15);1-5H;1H. The van der Waals surface area contributed by atoms with Crippen LogP contribution < -0.4 is 5.32 Å². The summed E-state index contributed by atoms with van der Waals surface area (Å²) in [6.45, 7) is 4.86. The minimum absolute atomic E-state index is 0. The van der Waals surface area contributed by atoms with Gasteiger partial charge in [-0.2, -0.15) is 0 Å². The summed E-state index contributed by atoms with van der Waals surface area (Å²) in [5.74, 6) is 0.865. The number of nitrogens with zero attached hydrogens (tertiary/aromatic N) is 1. The SMILES string of the molecule is CC12CC3CC(C)(C1)CC(NC=O)(C3)C2.Cl.c1ccncc1. The number of carbonyl (C=O) groups is 1. The molecule has 5 rings (SSSR count). The fraction of sp³-hybridized carbons (Fsp3) is 0.667. The minimum Gasteiger partial charge on any atom is -0.353 e. The minimum atomic E-state index is 0. The van der Waals surface area contributed by atoms with Crippen LogP contribution in [-0.2, 0) is 4.79 Å². The number of pyridine rings is 1. The third-order valence-corrected chi connectivity index (χ3v) is 5.56. The van der Waals surface area contributed by atoms with Gasteiger partial charge >= 0.3 is 0 Å². The Balaban J connectivity index is 0.000000215. The molecule has 1 heterocycles. The second-order valence-corrected chi connectivity index (χ2v) is 8.20. The normalized spacial score (nSPS) is 40.9. The molecular formula is C18H27ClN2O. The lowest BCUT2D eigenvalue weighted by Gasteiger charge is -2.65. The first-order valence-electron chi connectivity index (χ1n) is 8.03. The molecular weight excluding hydrogens is 296 g/mol. The lowest BCUT2D eigenvalue weighted by molar-refractivity contribution is -0.131. The first kappa shape index (κ1) is 17.3. The molecule has 0 aliphatic heterocycles. The molecule has 1 N–H and O–H groups in total. The predicted molar refractivity (Wildman–Crippen MR) is 90.8 cm³/mol. The van der Waals surface area contributed by atoms with Crippen LogP contribution in [0.2, 0.25) is 0 Å². The van der Waals surface area contributed by atoms with Gasteiger partial charge in [0, 0.05) is 17.9 Å². The third kappa shape index (κ3) is 3.45. The molecule has 0 radical (unpaired) electrons. The van der Waals surface area contributed by atoms with E-state index in [9.17, 15) is 4.79 Å². The zero-order valence-corrected chi connectivity index (χ0v) is 14.4. The molecule has 4 bridgehead atoms. The number of aromatic nitrogens is 1. The van der Waals surface area contributed by atoms with Gasteiger partial charge in [0.05, 0.1) is 0 Å². The van der Waals surface area contributed by atoms with Gasteiger partial charge in [0.2, 0.25) is 6.41 Å². The Morgan fingerprint density at radius 1 is 1.00 bits per heavy atom. The van der Waals surface area contributed by atoms with Gasteiger partial charge in [-0.15, -0.1) is 12.4 Å². The van der Waals surface area contributed by atoms with E-state index >= 15 is 0 Å². The fourth-order valence-electron chi connectivity index (χ4n) is 6.05. The number of amides is 1. The van der Waals surface area contributed by atoms with Crippen LogP contribution in [-0.4, -0.2) is 16.9 Å². The summed E-state index contributed by atoms with van der Waals surface area (Å²) in [6, 6.07) is 5.72. The topological polar surface area (TPSA) is 42.0 Å². The van der Waals surface area contributed by atoms with Crippen molar-refractivity contribution in [1.82, 2.24) is 10.3 Å². The Morgan fingerprint density at radius 2 is 1.59 bits per heavy atom. The summed E-state index contributed by atoms with van der Waals surface area (Å²) in [5.41, 5.74) is 1.17. The number of hydrogen-bond donors (Lipinski definition) is 1. The maximum atomic E-state index is 10.8. The lowest BCUT2D eigenvalue weighted by atomic mass is 9.43. The molecule has 4 aliphatic rings. The number of halogens is 1. The first-order chi connectivity index (χ1) is 9.97. The summed E-state index contributed by atoms with van der Waals surface area (Å²) < 4.78 is 0. The van der Waals surface area contributed by atoms with Crippen molar-refractivity contribution in [2.24, 2.45) is 16.7 Å². The van der Waals surface area contributed by atoms with Gasteiger partial charge < -0.3 is 5.32 Å². The van der Waals surface area contributed by atoms with Gasteiger partial charge in [-0.3, -0.25) is 9.78 Å². The molecule has 4 aliphatic carbocycles. The van der Waals surface area contributed by atoms with Crippen LogP contribution in [0.15, 0.2) is 30.6 Å². The zero-order chi connectivity index (χ0) is 15.0. The monoisotopic (exact) mass is 322 g/mol. The maximum absolute atomic E-state index is 10.8. The highest BCUT2D eigenvalue weighted by atomic mass is 35.5. The van der Waals surface area contributed by atoms with E-state index in [4.69, 9.17) is 0 Å². The van der Waals surface area contributed by atoms with Gasteiger partial charge in [0.15, 0.2) is 0 Å². The Labute approximate surface area is 139 Å². The van der Waals surface area contributed by atoms with E-state index in [1.54, 1.807) is 12.4 Å². The van der Waals surface area contributed by atoms with E-state index in [-0.39, 0.29) is 17.9 Å². The van der Waals surface area contributed by atoms with Crippen LogP contribution in [0.5, 0.6) is 0 Å². The number of carbonyl (C=O) groups excluding carboxylic acids is 1. The number of nitrogens with one attached hydrogen (secondary N) is 1. The van der Waals surface area contributed by atoms with E-state index in [2.05, 4.69) is 24.1 Å². The van der Waals surface area contributed by atoms with Crippen LogP contribution in [0.3, 0.4) is 0 Å². The van der Waals surface area contributed by atoms with Crippen molar-refractivity contribution in [3.63, 3.8) is 0 Å². The Kier molecular flexibility index (Phi) is 4.86. The lowest BCUT2D eigenvalue weighted by Crippen LogP contribution is -2.63. The summed E-state index contributed by atoms with van der Waals surface area (Å²) in [6.07, 6.45) is 12.3. The Bertz CT molecular complexity index is 462. The zero-order valence-electron chi connectivity index (χ0n) is 13.5. The second kappa shape index (κ2) is 6.19. The Morgan fingerprint density at radius 3 is 1.95 bits per heavy atom. The van der Waals surface area contributed by atoms with Gasteiger partial charge in [-0.05, 0) is 67.4 Å². The van der Waals surface area contributed by atoms with Gasteiger partial charge in [0.1, 0.15) is 0 Å². The van der Waals surface area contributed by atoms with Crippen molar-refractivity contribution in [2.45, 2.75) is 57.9 Å². The van der Waals surface area contributed by atoms with Crippen molar-refractivity contribution in [1.29, 1.82) is 0 Å². The molecule has 22 heavy (non-hydrogen) atoms. The van der Waals surface area contributed by atoms with Crippen LogP contribution in [0.1, 0.15) is 52.4 Å². The first-order valence-corrected chi connectivity index (χ1v) is 8.03. The predicted octanol–water partition coefficient (Wildman–Crippen LogP) is 3.98. The molecule has 1 amide bonds. The van der Waals surface area contributed by atoms with E-state index in [0.717, 1.165) is 12.3 Å². The quantitative estimate of drug-likeness (QED) is 0.837. The molecule has 122 valence electrons. The highest BCUT2D eigenvalue weighted by molar-refractivity contribution is 5.85. The van der Waals surface area contributed by atoms with Crippen molar-refractivity contribution >= 4 is 18.8 Å². The number of rotatable bonds is 2.